The number of ether oxygens (including phenoxy) is 2. The lowest BCUT2D eigenvalue weighted by Gasteiger charge is -2.24. The van der Waals surface area contributed by atoms with Crippen LogP contribution in [-0.4, -0.2) is 74.9 Å². The third-order valence-electron chi connectivity index (χ3n) is 8.83. The zero-order chi connectivity index (χ0) is 40.0. The van der Waals surface area contributed by atoms with Gasteiger partial charge in [0.05, 0.1) is 27.7 Å². The van der Waals surface area contributed by atoms with E-state index in [1.807, 2.05) is 21.1 Å². The molecule has 0 aliphatic carbocycles. The second kappa shape index (κ2) is 36.6. The molecule has 0 rings (SSSR count). The molecule has 0 heterocycles. The average Bonchev–Trinajstić information content (AvgIpc) is 3.12. The molecular formula is C44H81NO8P+. The summed E-state index contributed by atoms with van der Waals surface area (Å²) in [7, 11) is 1.45. The van der Waals surface area contributed by atoms with Crippen molar-refractivity contribution in [2.24, 2.45) is 0 Å². The number of likely N-dealkylation sites (N-methyl/N-ethyl adjacent to an activating group) is 1. The number of esters is 2. The van der Waals surface area contributed by atoms with Gasteiger partial charge in [0.2, 0.25) is 0 Å². The molecule has 0 spiro atoms. The highest BCUT2D eigenvalue weighted by molar-refractivity contribution is 7.47. The molecule has 0 saturated heterocycles. The van der Waals surface area contributed by atoms with Crippen molar-refractivity contribution in [1.82, 2.24) is 0 Å². The Balaban J connectivity index is 4.45. The zero-order valence-electron chi connectivity index (χ0n) is 35.2. The van der Waals surface area contributed by atoms with Crippen LogP contribution in [0.5, 0.6) is 0 Å². The molecule has 0 aromatic carbocycles. The van der Waals surface area contributed by atoms with Gasteiger partial charge in [-0.1, -0.05) is 127 Å². The Kier molecular flexibility index (Phi) is 35.2. The molecule has 0 aliphatic rings. The third-order valence-corrected chi connectivity index (χ3v) is 9.82. The second-order valence-electron chi connectivity index (χ2n) is 15.4. The van der Waals surface area contributed by atoms with Crippen molar-refractivity contribution < 1.29 is 42.1 Å². The lowest BCUT2D eigenvalue weighted by Crippen LogP contribution is -2.37. The van der Waals surface area contributed by atoms with Gasteiger partial charge in [0.25, 0.3) is 0 Å². The Labute approximate surface area is 331 Å². The number of allylic oxidation sites excluding steroid dienone is 8. The van der Waals surface area contributed by atoms with Crippen molar-refractivity contribution in [2.75, 3.05) is 47.5 Å². The highest BCUT2D eigenvalue weighted by atomic mass is 31.2. The molecule has 0 fully saturated rings. The molecule has 10 heteroatoms. The molecule has 0 saturated carbocycles. The van der Waals surface area contributed by atoms with Crippen LogP contribution in [0, 0.1) is 0 Å². The van der Waals surface area contributed by atoms with E-state index in [-0.39, 0.29) is 32.0 Å². The van der Waals surface area contributed by atoms with Crippen LogP contribution in [0.3, 0.4) is 0 Å². The fourth-order valence-electron chi connectivity index (χ4n) is 5.43. The van der Waals surface area contributed by atoms with Gasteiger partial charge in [0.15, 0.2) is 6.10 Å². The van der Waals surface area contributed by atoms with Gasteiger partial charge in [-0.25, -0.2) is 4.57 Å². The summed E-state index contributed by atoms with van der Waals surface area (Å²) in [6, 6.07) is 0. The summed E-state index contributed by atoms with van der Waals surface area (Å²) in [5.41, 5.74) is 0. The Morgan fingerprint density at radius 1 is 0.574 bits per heavy atom. The summed E-state index contributed by atoms with van der Waals surface area (Å²) in [6.45, 7) is 4.33. The quantitative estimate of drug-likeness (QED) is 0.0217. The van der Waals surface area contributed by atoms with Crippen molar-refractivity contribution in [3.63, 3.8) is 0 Å². The first-order valence-corrected chi connectivity index (χ1v) is 22.9. The normalized spacial score (nSPS) is 14.1. The summed E-state index contributed by atoms with van der Waals surface area (Å²) >= 11 is 0. The van der Waals surface area contributed by atoms with Gasteiger partial charge in [-0.2, -0.15) is 0 Å². The Hall–Kier alpha value is -2.03. The Bertz CT molecular complexity index is 1070. The van der Waals surface area contributed by atoms with E-state index in [0.717, 1.165) is 77.0 Å². The summed E-state index contributed by atoms with van der Waals surface area (Å²) in [6.07, 6.45) is 41.5. The lowest BCUT2D eigenvalue weighted by atomic mass is 10.1. The third kappa shape index (κ3) is 39.7. The average molecular weight is 783 g/mol. The van der Waals surface area contributed by atoms with Crippen LogP contribution in [0.4, 0.5) is 0 Å². The van der Waals surface area contributed by atoms with Crippen molar-refractivity contribution in [3.05, 3.63) is 48.6 Å². The minimum absolute atomic E-state index is 0.0243. The number of hydrogen-bond acceptors (Lipinski definition) is 7. The molecule has 314 valence electrons. The van der Waals surface area contributed by atoms with Crippen molar-refractivity contribution in [3.8, 4) is 0 Å². The van der Waals surface area contributed by atoms with Gasteiger partial charge < -0.3 is 18.9 Å². The minimum Gasteiger partial charge on any atom is -0.462 e. The first-order chi connectivity index (χ1) is 26.0. The summed E-state index contributed by atoms with van der Waals surface area (Å²) < 4.78 is 34.2. The molecule has 0 aromatic heterocycles. The summed E-state index contributed by atoms with van der Waals surface area (Å²) in [5.74, 6) is -0.837. The minimum atomic E-state index is -4.38. The number of phosphoric ester groups is 1. The number of unbranched alkanes of at least 4 members (excludes halogenated alkanes) is 16. The highest BCUT2D eigenvalue weighted by Gasteiger charge is 2.27. The van der Waals surface area contributed by atoms with Crippen LogP contribution in [0.1, 0.15) is 168 Å². The smallest absolute Gasteiger partial charge is 0.462 e. The Morgan fingerprint density at radius 2 is 1.00 bits per heavy atom. The van der Waals surface area contributed by atoms with Gasteiger partial charge in [0.1, 0.15) is 19.8 Å². The molecule has 0 aliphatic heterocycles. The largest absolute Gasteiger partial charge is 0.472 e. The zero-order valence-corrected chi connectivity index (χ0v) is 36.1. The van der Waals surface area contributed by atoms with E-state index in [1.54, 1.807) is 0 Å². The molecule has 0 radical (unpaired) electrons. The molecule has 1 unspecified atom stereocenters. The topological polar surface area (TPSA) is 108 Å². The van der Waals surface area contributed by atoms with Crippen LogP contribution in [0.15, 0.2) is 48.6 Å². The van der Waals surface area contributed by atoms with Gasteiger partial charge >= 0.3 is 19.8 Å². The number of carbonyl (C=O) groups is 2. The van der Waals surface area contributed by atoms with Gasteiger partial charge in [-0.3, -0.25) is 18.6 Å². The molecule has 2 atom stereocenters. The lowest BCUT2D eigenvalue weighted by molar-refractivity contribution is -0.870. The maximum atomic E-state index is 12.7. The fraction of sp³-hybridized carbons (Fsp3) is 0.773. The van der Waals surface area contributed by atoms with Crippen LogP contribution in [-0.2, 0) is 32.7 Å². The summed E-state index contributed by atoms with van der Waals surface area (Å²) in [5, 5.41) is 0. The molecule has 54 heavy (non-hydrogen) atoms. The summed E-state index contributed by atoms with van der Waals surface area (Å²) in [4.78, 5) is 35.3. The van der Waals surface area contributed by atoms with E-state index < -0.39 is 26.5 Å². The number of nitrogens with zero attached hydrogens (tertiary/aromatic N) is 1. The number of carbonyl (C=O) groups excluding carboxylic acids is 2. The highest BCUT2D eigenvalue weighted by Crippen LogP contribution is 2.43. The van der Waals surface area contributed by atoms with Crippen molar-refractivity contribution in [1.29, 1.82) is 0 Å². The second-order valence-corrected chi connectivity index (χ2v) is 16.8. The fourth-order valence-corrected chi connectivity index (χ4v) is 6.17. The first-order valence-electron chi connectivity index (χ1n) is 21.4. The van der Waals surface area contributed by atoms with E-state index in [2.05, 4.69) is 62.5 Å². The maximum Gasteiger partial charge on any atom is 0.472 e. The molecule has 0 bridgehead atoms. The van der Waals surface area contributed by atoms with Gasteiger partial charge in [-0.05, 0) is 77.0 Å². The number of quaternary nitrogens is 1. The van der Waals surface area contributed by atoms with Crippen molar-refractivity contribution >= 4 is 19.8 Å². The maximum absolute atomic E-state index is 12.7. The monoisotopic (exact) mass is 783 g/mol. The van der Waals surface area contributed by atoms with Gasteiger partial charge in [-0.15, -0.1) is 0 Å². The predicted molar refractivity (Wildman–Crippen MR) is 224 cm³/mol. The van der Waals surface area contributed by atoms with Crippen LogP contribution in [0.2, 0.25) is 0 Å². The molecular weight excluding hydrogens is 701 g/mol. The SMILES string of the molecule is CCCCC/C=C/C/C=C/C/C=C/CCCCCCC(=O)O[C@H](COC(=O)CCCCCCC/C=C/CCCCCC)COP(=O)(O)OCC[N+](C)(C)C. The van der Waals surface area contributed by atoms with E-state index in [4.69, 9.17) is 18.5 Å². The van der Waals surface area contributed by atoms with E-state index in [9.17, 15) is 19.0 Å². The van der Waals surface area contributed by atoms with Crippen LogP contribution < -0.4 is 0 Å². The van der Waals surface area contributed by atoms with Crippen molar-refractivity contribution in [2.45, 2.75) is 174 Å². The van der Waals surface area contributed by atoms with Crippen LogP contribution in [0.25, 0.3) is 0 Å². The molecule has 9 nitrogen and oxygen atoms in total. The van der Waals surface area contributed by atoms with E-state index >= 15 is 0 Å². The van der Waals surface area contributed by atoms with E-state index in [0.29, 0.717) is 17.4 Å². The molecule has 0 aromatic rings. The molecule has 1 N–H and O–H groups in total. The number of rotatable bonds is 38. The Morgan fingerprint density at radius 3 is 1.54 bits per heavy atom. The number of phosphoric acid groups is 1. The standard InChI is InChI=1S/C44H80NO8P/c1-6-8-10-12-14-16-18-20-21-22-23-25-27-29-31-33-35-37-44(47)53-42(41-52-54(48,49)51-39-38-45(3,4)5)40-50-43(46)36-34-32-30-28-26-24-19-17-15-13-11-9-7-2/h14,16-17,19-21,23,25,42H,6-13,15,18,22,24,26-41H2,1-5H3/p+1/b16-14+,19-17+,21-20+,25-23+/t42-/m1/s1. The van der Waals surface area contributed by atoms with Crippen LogP contribution >= 0.6 is 7.82 Å². The molecule has 0 amide bonds. The predicted octanol–water partition coefficient (Wildman–Crippen LogP) is 11.9. The number of hydrogen-bond donors (Lipinski definition) is 1. The van der Waals surface area contributed by atoms with Gasteiger partial charge in [0, 0.05) is 12.8 Å². The first kappa shape index (κ1) is 52.0. The van der Waals surface area contributed by atoms with E-state index in [1.165, 1.54) is 57.8 Å².